The molecule has 0 spiro atoms. The van der Waals surface area contributed by atoms with Crippen LogP contribution in [0.1, 0.15) is 25.1 Å². The highest BCUT2D eigenvalue weighted by atomic mass is 16.5. The first-order valence-corrected chi connectivity index (χ1v) is 5.15. The van der Waals surface area contributed by atoms with Gasteiger partial charge in [0.25, 0.3) is 0 Å². The van der Waals surface area contributed by atoms with E-state index in [1.807, 2.05) is 37.3 Å². The highest BCUT2D eigenvalue weighted by Crippen LogP contribution is 2.31. The number of hydrogen-bond acceptors (Lipinski definition) is 3. The molecule has 0 radical (unpaired) electrons. The summed E-state index contributed by atoms with van der Waals surface area (Å²) < 4.78 is 5.58. The van der Waals surface area contributed by atoms with Crippen LogP contribution >= 0.6 is 0 Å². The molecule has 4 nitrogen and oxygen atoms in total. The minimum absolute atomic E-state index is 0.104. The van der Waals surface area contributed by atoms with E-state index in [4.69, 9.17) is 4.74 Å². The molecule has 0 aromatic heterocycles. The van der Waals surface area contributed by atoms with Gasteiger partial charge in [-0.15, -0.1) is 4.91 Å². The molecule has 1 fully saturated rings. The van der Waals surface area contributed by atoms with Crippen molar-refractivity contribution in [1.29, 1.82) is 0 Å². The Labute approximate surface area is 88.8 Å². The zero-order chi connectivity index (χ0) is 10.7. The van der Waals surface area contributed by atoms with Crippen LogP contribution < -0.4 is 0 Å². The first-order valence-electron chi connectivity index (χ1n) is 5.15. The van der Waals surface area contributed by atoms with Gasteiger partial charge >= 0.3 is 0 Å². The predicted molar refractivity (Wildman–Crippen MR) is 56.8 cm³/mol. The van der Waals surface area contributed by atoms with E-state index in [0.717, 1.165) is 12.0 Å². The maximum absolute atomic E-state index is 10.8. The third kappa shape index (κ3) is 1.85. The van der Waals surface area contributed by atoms with Crippen LogP contribution in [0, 0.1) is 4.91 Å². The maximum Gasteiger partial charge on any atom is 0.175 e. The van der Waals surface area contributed by atoms with Crippen LogP contribution in [0.4, 0.5) is 0 Å². The second-order valence-electron chi connectivity index (χ2n) is 3.62. The summed E-state index contributed by atoms with van der Waals surface area (Å²) in [7, 11) is 0. The number of nitrogens with zero attached hydrogens (tertiary/aromatic N) is 2. The van der Waals surface area contributed by atoms with E-state index in [1.54, 1.807) is 0 Å². The Hall–Kier alpha value is -1.42. The average molecular weight is 206 g/mol. The molecule has 0 aliphatic carbocycles. The molecule has 1 saturated heterocycles. The van der Waals surface area contributed by atoms with Crippen LogP contribution in [0.15, 0.2) is 35.6 Å². The van der Waals surface area contributed by atoms with E-state index in [1.165, 1.54) is 5.01 Å². The molecule has 1 heterocycles. The molecule has 1 aromatic carbocycles. The smallest absolute Gasteiger partial charge is 0.175 e. The van der Waals surface area contributed by atoms with Gasteiger partial charge in [0.1, 0.15) is 0 Å². The molecular formula is C11H14N2O2. The van der Waals surface area contributed by atoms with Gasteiger partial charge in [-0.05, 0) is 6.42 Å². The van der Waals surface area contributed by atoms with Gasteiger partial charge in [-0.3, -0.25) is 0 Å². The summed E-state index contributed by atoms with van der Waals surface area (Å²) in [6.07, 6.45) is 0.559. The molecule has 0 N–H and O–H groups in total. The van der Waals surface area contributed by atoms with E-state index in [9.17, 15) is 4.91 Å². The quantitative estimate of drug-likeness (QED) is 0.713. The molecule has 0 saturated carbocycles. The third-order valence-corrected chi connectivity index (χ3v) is 2.71. The second kappa shape index (κ2) is 4.40. The zero-order valence-electron chi connectivity index (χ0n) is 8.67. The lowest BCUT2D eigenvalue weighted by atomic mass is 10.2. The largest absolute Gasteiger partial charge is 0.350 e. The number of nitroso groups, excluding NO2 is 1. The lowest BCUT2D eigenvalue weighted by molar-refractivity contribution is 0.0294. The minimum Gasteiger partial charge on any atom is -0.350 e. The fourth-order valence-electron chi connectivity index (χ4n) is 1.83. The van der Waals surface area contributed by atoms with Crippen LogP contribution in [-0.4, -0.2) is 17.7 Å². The van der Waals surface area contributed by atoms with Crippen molar-refractivity contribution in [2.45, 2.75) is 25.6 Å². The van der Waals surface area contributed by atoms with E-state index in [0.29, 0.717) is 6.61 Å². The second-order valence-corrected chi connectivity index (χ2v) is 3.62. The SMILES string of the molecule is CCC1COC(c2ccccc2)N1N=O. The van der Waals surface area contributed by atoms with Gasteiger partial charge < -0.3 is 4.74 Å². The first-order chi connectivity index (χ1) is 7.36. The van der Waals surface area contributed by atoms with Crippen molar-refractivity contribution in [3.8, 4) is 0 Å². The molecule has 4 heteroatoms. The lowest BCUT2D eigenvalue weighted by Gasteiger charge is -2.20. The van der Waals surface area contributed by atoms with Crippen LogP contribution in [0.3, 0.4) is 0 Å². The molecule has 1 aromatic rings. The molecule has 2 unspecified atom stereocenters. The van der Waals surface area contributed by atoms with Crippen LogP contribution in [0.5, 0.6) is 0 Å². The van der Waals surface area contributed by atoms with Crippen molar-refractivity contribution in [1.82, 2.24) is 5.01 Å². The third-order valence-electron chi connectivity index (χ3n) is 2.71. The number of hydrogen-bond donors (Lipinski definition) is 0. The summed E-state index contributed by atoms with van der Waals surface area (Å²) in [6, 6.07) is 9.80. The summed E-state index contributed by atoms with van der Waals surface area (Å²) in [5.41, 5.74) is 0.980. The van der Waals surface area contributed by atoms with E-state index in [2.05, 4.69) is 5.29 Å². The fraction of sp³-hybridized carbons (Fsp3) is 0.455. The zero-order valence-corrected chi connectivity index (χ0v) is 8.67. The molecule has 1 aliphatic rings. The molecule has 2 rings (SSSR count). The van der Waals surface area contributed by atoms with Crippen molar-refractivity contribution in [2.24, 2.45) is 5.29 Å². The topological polar surface area (TPSA) is 41.9 Å². The Kier molecular flexibility index (Phi) is 2.97. The van der Waals surface area contributed by atoms with Gasteiger partial charge in [0.15, 0.2) is 6.23 Å². The molecule has 0 bridgehead atoms. The highest BCUT2D eigenvalue weighted by molar-refractivity contribution is 5.18. The molecule has 0 amide bonds. The molecule has 1 aliphatic heterocycles. The predicted octanol–water partition coefficient (Wildman–Crippen LogP) is 2.48. The lowest BCUT2D eigenvalue weighted by Crippen LogP contribution is -2.26. The van der Waals surface area contributed by atoms with Crippen molar-refractivity contribution in [3.63, 3.8) is 0 Å². The summed E-state index contributed by atoms with van der Waals surface area (Å²) in [6.45, 7) is 2.60. The summed E-state index contributed by atoms with van der Waals surface area (Å²) in [5, 5.41) is 4.57. The monoisotopic (exact) mass is 206 g/mol. The van der Waals surface area contributed by atoms with Gasteiger partial charge in [0.05, 0.1) is 17.9 Å². The molecular weight excluding hydrogens is 192 g/mol. The molecule has 80 valence electrons. The van der Waals surface area contributed by atoms with Gasteiger partial charge in [-0.1, -0.05) is 37.3 Å². The van der Waals surface area contributed by atoms with E-state index >= 15 is 0 Å². The Morgan fingerprint density at radius 3 is 2.80 bits per heavy atom. The summed E-state index contributed by atoms with van der Waals surface area (Å²) in [5.74, 6) is 0. The van der Waals surface area contributed by atoms with Crippen LogP contribution in [-0.2, 0) is 4.74 Å². The van der Waals surface area contributed by atoms with Crippen molar-refractivity contribution in [2.75, 3.05) is 6.61 Å². The first kappa shape index (κ1) is 10.1. The van der Waals surface area contributed by atoms with Crippen LogP contribution in [0.25, 0.3) is 0 Å². The van der Waals surface area contributed by atoms with E-state index in [-0.39, 0.29) is 12.3 Å². The average Bonchev–Trinajstić information content (AvgIpc) is 2.72. The Morgan fingerprint density at radius 2 is 2.20 bits per heavy atom. The number of ether oxygens (including phenoxy) is 1. The molecule has 15 heavy (non-hydrogen) atoms. The maximum atomic E-state index is 10.8. The Balaban J connectivity index is 2.20. The number of benzene rings is 1. The van der Waals surface area contributed by atoms with Crippen LogP contribution in [0.2, 0.25) is 0 Å². The highest BCUT2D eigenvalue weighted by Gasteiger charge is 2.34. The van der Waals surface area contributed by atoms with Gasteiger partial charge in [0.2, 0.25) is 0 Å². The van der Waals surface area contributed by atoms with Crippen molar-refractivity contribution >= 4 is 0 Å². The van der Waals surface area contributed by atoms with Crippen molar-refractivity contribution < 1.29 is 4.74 Å². The fourth-order valence-corrected chi connectivity index (χ4v) is 1.83. The molecule has 2 atom stereocenters. The Bertz CT molecular complexity index is 329. The summed E-state index contributed by atoms with van der Waals surface area (Å²) in [4.78, 5) is 10.8. The Morgan fingerprint density at radius 1 is 1.47 bits per heavy atom. The van der Waals surface area contributed by atoms with E-state index < -0.39 is 0 Å². The number of rotatable bonds is 3. The normalized spacial score (nSPS) is 25.5. The minimum atomic E-state index is -0.311. The van der Waals surface area contributed by atoms with Gasteiger partial charge in [-0.2, -0.15) is 0 Å². The summed E-state index contributed by atoms with van der Waals surface area (Å²) >= 11 is 0. The standard InChI is InChI=1S/C11H14N2O2/c1-2-10-8-15-11(13(10)12-14)9-6-4-3-5-7-9/h3-7,10-11H,2,8H2,1H3. The van der Waals surface area contributed by atoms with Crippen molar-refractivity contribution in [3.05, 3.63) is 40.8 Å². The van der Waals surface area contributed by atoms with Gasteiger partial charge in [-0.25, -0.2) is 5.01 Å². The van der Waals surface area contributed by atoms with Gasteiger partial charge in [0, 0.05) is 5.56 Å².